The van der Waals surface area contributed by atoms with E-state index < -0.39 is 59.9 Å². The van der Waals surface area contributed by atoms with Crippen LogP contribution < -0.4 is 27.4 Å². The normalized spacial score (nSPS) is 14.6. The number of carbonyl (C=O) groups excluding carboxylic acids is 4. The summed E-state index contributed by atoms with van der Waals surface area (Å²) in [5.74, 6) is -4.56. The van der Waals surface area contributed by atoms with Crippen molar-refractivity contribution in [1.82, 2.24) is 25.9 Å². The zero-order valence-corrected chi connectivity index (χ0v) is 24.6. The van der Waals surface area contributed by atoms with E-state index in [-0.39, 0.29) is 25.7 Å². The minimum atomic E-state index is -1.49. The van der Waals surface area contributed by atoms with Gasteiger partial charge in [0.15, 0.2) is 0 Å². The highest BCUT2D eigenvalue weighted by atomic mass is 16.4. The van der Waals surface area contributed by atoms with Gasteiger partial charge in [0.2, 0.25) is 23.6 Å². The second kappa shape index (κ2) is 14.5. The average molecular weight is 620 g/mol. The standard InChI is InChI=1S/C31H37N7O7/c1-16(39)27(38-28(41)21(32)12-17-14-34-22-8-4-2-6-19(17)22)30(43)37-25(13-18-15-35-23-9-5-3-7-20(18)23)29(42)36-24(31(44)45)10-11-26(33)40/h2-9,14-16,21,24-25,27,34-35,39H,10-13,32H2,1H3,(H2,33,40)(H,36,42)(H,37,43)(H,38,41)(H,44,45). The second-order valence-corrected chi connectivity index (χ2v) is 10.9. The third-order valence-electron chi connectivity index (χ3n) is 7.54. The average Bonchev–Trinajstić information content (AvgIpc) is 3.60. The number of H-pyrrole nitrogens is 2. The van der Waals surface area contributed by atoms with Gasteiger partial charge in [-0.1, -0.05) is 36.4 Å². The number of aliphatic carboxylic acids is 1. The monoisotopic (exact) mass is 619 g/mol. The minimum Gasteiger partial charge on any atom is -0.480 e. The molecule has 4 amide bonds. The summed E-state index contributed by atoms with van der Waals surface area (Å²) in [4.78, 5) is 69.2. The first-order valence-electron chi connectivity index (χ1n) is 14.4. The molecule has 4 rings (SSSR count). The molecular weight excluding hydrogens is 582 g/mol. The number of nitrogens with two attached hydrogens (primary N) is 2. The first-order valence-corrected chi connectivity index (χ1v) is 14.4. The SMILES string of the molecule is CC(O)C(NC(=O)C(N)Cc1c[nH]c2ccccc12)C(=O)NC(Cc1c[nH]c2ccccc12)C(=O)NC(CCC(N)=O)C(=O)O. The number of hydrogen-bond acceptors (Lipinski definition) is 7. The molecule has 0 radical (unpaired) electrons. The van der Waals surface area contributed by atoms with Gasteiger partial charge in [-0.05, 0) is 43.0 Å². The number of carboxylic acids is 1. The van der Waals surface area contributed by atoms with Gasteiger partial charge in [-0.25, -0.2) is 4.79 Å². The van der Waals surface area contributed by atoms with Gasteiger partial charge in [0.05, 0.1) is 12.1 Å². The predicted molar refractivity (Wildman–Crippen MR) is 166 cm³/mol. The van der Waals surface area contributed by atoms with Crippen LogP contribution in [-0.4, -0.2) is 80.1 Å². The van der Waals surface area contributed by atoms with E-state index in [1.165, 1.54) is 6.92 Å². The van der Waals surface area contributed by atoms with E-state index in [1.807, 2.05) is 42.5 Å². The maximum atomic E-state index is 13.5. The van der Waals surface area contributed by atoms with Crippen LogP contribution in [0.5, 0.6) is 0 Å². The van der Waals surface area contributed by atoms with Gasteiger partial charge < -0.3 is 47.6 Å². The van der Waals surface area contributed by atoms with Crippen molar-refractivity contribution in [1.29, 1.82) is 0 Å². The van der Waals surface area contributed by atoms with Crippen LogP contribution in [0, 0.1) is 0 Å². The Hall–Kier alpha value is -5.21. The van der Waals surface area contributed by atoms with Crippen LogP contribution in [0.1, 0.15) is 30.9 Å². The number of aromatic amines is 2. The molecule has 5 atom stereocenters. The molecule has 2 heterocycles. The number of carbonyl (C=O) groups is 5. The van der Waals surface area contributed by atoms with E-state index in [0.717, 1.165) is 27.4 Å². The van der Waals surface area contributed by atoms with Gasteiger partial charge in [0, 0.05) is 47.0 Å². The molecule has 14 heteroatoms. The number of aromatic nitrogens is 2. The summed E-state index contributed by atoms with van der Waals surface area (Å²) >= 11 is 0. The number of rotatable bonds is 15. The number of amides is 4. The Bertz CT molecular complexity index is 1700. The highest BCUT2D eigenvalue weighted by Crippen LogP contribution is 2.20. The van der Waals surface area contributed by atoms with Crippen molar-refractivity contribution in [2.45, 2.75) is 62.9 Å². The summed E-state index contributed by atoms with van der Waals surface area (Å²) in [5, 5.41) is 29.1. The Balaban J connectivity index is 1.51. The van der Waals surface area contributed by atoms with Gasteiger partial charge in [-0.2, -0.15) is 0 Å². The lowest BCUT2D eigenvalue weighted by Crippen LogP contribution is -2.60. The largest absolute Gasteiger partial charge is 0.480 e. The third kappa shape index (κ3) is 8.25. The van der Waals surface area contributed by atoms with Crippen LogP contribution in [-0.2, 0) is 36.8 Å². The number of fused-ring (bicyclic) bond motifs is 2. The van der Waals surface area contributed by atoms with Crippen LogP contribution in [0.15, 0.2) is 60.9 Å². The first kappa shape index (κ1) is 32.7. The fourth-order valence-corrected chi connectivity index (χ4v) is 5.10. The summed E-state index contributed by atoms with van der Waals surface area (Å²) in [6.07, 6.45) is 1.57. The number of hydrogen-bond donors (Lipinski definition) is 9. The molecule has 0 saturated carbocycles. The number of carboxylic acid groups (broad SMARTS) is 1. The maximum Gasteiger partial charge on any atom is 0.326 e. The van der Waals surface area contributed by atoms with Crippen LogP contribution in [0.3, 0.4) is 0 Å². The maximum absolute atomic E-state index is 13.5. The van der Waals surface area contributed by atoms with Crippen LogP contribution >= 0.6 is 0 Å². The molecule has 4 aromatic rings. The van der Waals surface area contributed by atoms with E-state index >= 15 is 0 Å². The van der Waals surface area contributed by atoms with Crippen molar-refractivity contribution in [2.24, 2.45) is 11.5 Å². The summed E-state index contributed by atoms with van der Waals surface area (Å²) < 4.78 is 0. The van der Waals surface area contributed by atoms with E-state index in [9.17, 15) is 34.2 Å². The lowest BCUT2D eigenvalue weighted by molar-refractivity contribution is -0.142. The topological polar surface area (TPSA) is 246 Å². The number of nitrogens with one attached hydrogen (secondary N) is 5. The Morgan fingerprint density at radius 3 is 1.84 bits per heavy atom. The fourth-order valence-electron chi connectivity index (χ4n) is 5.10. The van der Waals surface area contributed by atoms with Crippen LogP contribution in [0.4, 0.5) is 0 Å². The van der Waals surface area contributed by atoms with E-state index in [1.54, 1.807) is 18.5 Å². The Kier molecular flexibility index (Phi) is 10.5. The van der Waals surface area contributed by atoms with Crippen LogP contribution in [0.25, 0.3) is 21.8 Å². The lowest BCUT2D eigenvalue weighted by Gasteiger charge is -2.26. The van der Waals surface area contributed by atoms with Gasteiger partial charge >= 0.3 is 5.97 Å². The Morgan fingerprint density at radius 1 is 0.778 bits per heavy atom. The predicted octanol–water partition coefficient (Wildman–Crippen LogP) is -0.0530. The molecule has 2 aromatic carbocycles. The zero-order valence-electron chi connectivity index (χ0n) is 24.6. The molecular formula is C31H37N7O7. The van der Waals surface area contributed by atoms with Crippen molar-refractivity contribution in [2.75, 3.05) is 0 Å². The summed E-state index contributed by atoms with van der Waals surface area (Å²) in [5.41, 5.74) is 14.4. The fraction of sp³-hybridized carbons (Fsp3) is 0.323. The Labute approximate surface area is 257 Å². The third-order valence-corrected chi connectivity index (χ3v) is 7.54. The van der Waals surface area contributed by atoms with E-state index in [4.69, 9.17) is 11.5 Å². The van der Waals surface area contributed by atoms with Crippen LogP contribution in [0.2, 0.25) is 0 Å². The van der Waals surface area contributed by atoms with Crippen molar-refractivity contribution in [3.63, 3.8) is 0 Å². The second-order valence-electron chi connectivity index (χ2n) is 10.9. The van der Waals surface area contributed by atoms with Crippen molar-refractivity contribution in [3.05, 3.63) is 72.1 Å². The molecule has 5 unspecified atom stereocenters. The molecule has 0 saturated heterocycles. The molecule has 14 nitrogen and oxygen atoms in total. The minimum absolute atomic E-state index is 0.0652. The summed E-state index contributed by atoms with van der Waals surface area (Å²) in [6, 6.07) is 9.44. The van der Waals surface area contributed by atoms with Crippen molar-refractivity contribution >= 4 is 51.4 Å². The highest BCUT2D eigenvalue weighted by molar-refractivity contribution is 5.95. The Morgan fingerprint density at radius 2 is 1.31 bits per heavy atom. The number of primary amides is 1. The zero-order chi connectivity index (χ0) is 32.7. The highest BCUT2D eigenvalue weighted by Gasteiger charge is 2.33. The van der Waals surface area contributed by atoms with Gasteiger partial charge in [0.25, 0.3) is 0 Å². The molecule has 238 valence electrons. The number of benzene rings is 2. The smallest absolute Gasteiger partial charge is 0.326 e. The van der Waals surface area contributed by atoms with Gasteiger partial charge in [-0.15, -0.1) is 0 Å². The molecule has 0 aliphatic rings. The summed E-state index contributed by atoms with van der Waals surface area (Å²) in [6.45, 7) is 1.30. The lowest BCUT2D eigenvalue weighted by atomic mass is 10.0. The first-order chi connectivity index (χ1) is 21.4. The number of aliphatic hydroxyl groups excluding tert-OH is 1. The number of para-hydroxylation sites is 2. The van der Waals surface area contributed by atoms with Crippen molar-refractivity contribution < 1.29 is 34.2 Å². The molecule has 11 N–H and O–H groups in total. The van der Waals surface area contributed by atoms with Crippen molar-refractivity contribution in [3.8, 4) is 0 Å². The molecule has 0 aliphatic heterocycles. The van der Waals surface area contributed by atoms with E-state index in [2.05, 4.69) is 25.9 Å². The molecule has 0 bridgehead atoms. The molecule has 0 aliphatic carbocycles. The molecule has 0 fully saturated rings. The quantitative estimate of drug-likeness (QED) is 0.0871. The van der Waals surface area contributed by atoms with E-state index in [0.29, 0.717) is 5.56 Å². The van der Waals surface area contributed by atoms with Gasteiger partial charge in [0.1, 0.15) is 18.1 Å². The molecule has 0 spiro atoms. The molecule has 45 heavy (non-hydrogen) atoms. The summed E-state index contributed by atoms with van der Waals surface area (Å²) in [7, 11) is 0. The van der Waals surface area contributed by atoms with Gasteiger partial charge in [-0.3, -0.25) is 19.2 Å². The number of aliphatic hydroxyl groups is 1. The molecule has 2 aromatic heterocycles.